The molecule has 6 nitrogen and oxygen atoms in total. The van der Waals surface area contributed by atoms with Gasteiger partial charge in [0, 0.05) is 56.2 Å². The van der Waals surface area contributed by atoms with Gasteiger partial charge in [-0.15, -0.1) is 0 Å². The van der Waals surface area contributed by atoms with Crippen molar-refractivity contribution in [3.63, 3.8) is 0 Å². The number of rotatable bonds is 8. The quantitative estimate of drug-likeness (QED) is 0.725. The summed E-state index contributed by atoms with van der Waals surface area (Å²) in [6.45, 7) is 5.52. The van der Waals surface area contributed by atoms with Gasteiger partial charge in [-0.2, -0.15) is 5.10 Å². The molecular formula is C20H29N3O3. The van der Waals surface area contributed by atoms with Gasteiger partial charge < -0.3 is 14.2 Å². The highest BCUT2D eigenvalue weighted by atomic mass is 16.5. The van der Waals surface area contributed by atoms with Crippen molar-refractivity contribution in [2.24, 2.45) is 7.05 Å². The second-order valence-corrected chi connectivity index (χ2v) is 6.86. The molecule has 1 unspecified atom stereocenters. The van der Waals surface area contributed by atoms with Gasteiger partial charge in [0.25, 0.3) is 0 Å². The summed E-state index contributed by atoms with van der Waals surface area (Å²) in [5, 5.41) is 4.38. The van der Waals surface area contributed by atoms with Gasteiger partial charge in [-0.3, -0.25) is 9.58 Å². The van der Waals surface area contributed by atoms with E-state index in [9.17, 15) is 0 Å². The molecule has 2 heterocycles. The maximum atomic E-state index is 5.87. The van der Waals surface area contributed by atoms with Crippen LogP contribution in [0.5, 0.6) is 11.5 Å². The van der Waals surface area contributed by atoms with Crippen LogP contribution in [0.4, 0.5) is 0 Å². The van der Waals surface area contributed by atoms with Crippen molar-refractivity contribution < 1.29 is 14.2 Å². The maximum absolute atomic E-state index is 5.87. The van der Waals surface area contributed by atoms with Gasteiger partial charge in [-0.1, -0.05) is 6.07 Å². The Morgan fingerprint density at radius 1 is 1.23 bits per heavy atom. The first kappa shape index (κ1) is 18.7. The zero-order valence-electron chi connectivity index (χ0n) is 16.2. The summed E-state index contributed by atoms with van der Waals surface area (Å²) in [5.74, 6) is 1.66. The van der Waals surface area contributed by atoms with E-state index in [-0.39, 0.29) is 0 Å². The second kappa shape index (κ2) is 8.56. The first-order valence-electron chi connectivity index (χ1n) is 9.13. The third-order valence-electron chi connectivity index (χ3n) is 5.10. The van der Waals surface area contributed by atoms with Crippen molar-refractivity contribution in [3.05, 3.63) is 41.2 Å². The number of hydrogen-bond donors (Lipinski definition) is 0. The number of aryl methyl sites for hydroxylation is 1. The van der Waals surface area contributed by atoms with E-state index >= 15 is 0 Å². The highest BCUT2D eigenvalue weighted by molar-refractivity contribution is 5.40. The summed E-state index contributed by atoms with van der Waals surface area (Å²) in [5.41, 5.74) is 3.59. The van der Waals surface area contributed by atoms with Crippen molar-refractivity contribution in [1.82, 2.24) is 14.7 Å². The average molecular weight is 359 g/mol. The lowest BCUT2D eigenvalue weighted by Crippen LogP contribution is -2.31. The second-order valence-electron chi connectivity index (χ2n) is 6.86. The summed E-state index contributed by atoms with van der Waals surface area (Å²) in [7, 11) is 5.35. The molecule has 1 aromatic heterocycles. The molecule has 0 N–H and O–H groups in total. The number of benzene rings is 1. The smallest absolute Gasteiger partial charge is 0.127 e. The Morgan fingerprint density at radius 2 is 2.04 bits per heavy atom. The fraction of sp³-hybridized carbons (Fsp3) is 0.550. The minimum atomic E-state index is 0.302. The first-order chi connectivity index (χ1) is 12.6. The summed E-state index contributed by atoms with van der Waals surface area (Å²) >= 11 is 0. The Morgan fingerprint density at radius 3 is 2.65 bits per heavy atom. The maximum Gasteiger partial charge on any atom is 0.127 e. The molecule has 0 radical (unpaired) electrons. The van der Waals surface area contributed by atoms with Gasteiger partial charge in [0.15, 0.2) is 0 Å². The molecule has 26 heavy (non-hydrogen) atoms. The fourth-order valence-corrected chi connectivity index (χ4v) is 3.42. The van der Waals surface area contributed by atoms with Crippen LogP contribution in [0.25, 0.3) is 0 Å². The predicted molar refractivity (Wildman–Crippen MR) is 101 cm³/mol. The molecule has 0 amide bonds. The molecule has 1 aliphatic rings. The highest BCUT2D eigenvalue weighted by Crippen LogP contribution is 2.27. The Bertz CT molecular complexity index is 723. The number of methoxy groups -OCH3 is 2. The molecule has 0 bridgehead atoms. The van der Waals surface area contributed by atoms with Crippen molar-refractivity contribution in [2.45, 2.75) is 39.0 Å². The lowest BCUT2D eigenvalue weighted by Gasteiger charge is -2.26. The normalized spacial score (nSPS) is 17.0. The van der Waals surface area contributed by atoms with E-state index in [1.807, 2.05) is 30.1 Å². The summed E-state index contributed by atoms with van der Waals surface area (Å²) < 4.78 is 18.7. The standard InChI is InChI=1S/C20H29N3O3/c1-15-17(11-21-22(15)2)13-23(14-19-6-5-9-26-19)12-16-7-8-18(24-3)10-20(16)25-4/h7-8,10-11,19H,5-6,9,12-14H2,1-4H3. The molecule has 6 heteroatoms. The molecule has 142 valence electrons. The summed E-state index contributed by atoms with van der Waals surface area (Å²) in [6, 6.07) is 6.00. The highest BCUT2D eigenvalue weighted by Gasteiger charge is 2.21. The van der Waals surface area contributed by atoms with E-state index in [0.717, 1.165) is 56.1 Å². The SMILES string of the molecule is COc1ccc(CN(Cc2cnn(C)c2C)CC2CCCO2)c(OC)c1. The topological polar surface area (TPSA) is 48.8 Å². The predicted octanol–water partition coefficient (Wildman–Crippen LogP) is 2.93. The molecule has 0 spiro atoms. The van der Waals surface area contributed by atoms with Crippen LogP contribution in [0.15, 0.2) is 24.4 Å². The minimum absolute atomic E-state index is 0.302. The average Bonchev–Trinajstić information content (AvgIpc) is 3.27. The molecular weight excluding hydrogens is 330 g/mol. The van der Waals surface area contributed by atoms with Gasteiger partial charge in [0.1, 0.15) is 11.5 Å². The monoisotopic (exact) mass is 359 g/mol. The van der Waals surface area contributed by atoms with E-state index in [0.29, 0.717) is 6.10 Å². The molecule has 0 aliphatic carbocycles. The lowest BCUT2D eigenvalue weighted by atomic mass is 10.1. The fourth-order valence-electron chi connectivity index (χ4n) is 3.42. The third kappa shape index (κ3) is 4.37. The number of nitrogens with zero attached hydrogens (tertiary/aromatic N) is 3. The van der Waals surface area contributed by atoms with Gasteiger partial charge in [0.2, 0.25) is 0 Å². The van der Waals surface area contributed by atoms with Crippen LogP contribution >= 0.6 is 0 Å². The van der Waals surface area contributed by atoms with Crippen LogP contribution in [0.2, 0.25) is 0 Å². The summed E-state index contributed by atoms with van der Waals surface area (Å²) in [4.78, 5) is 2.42. The van der Waals surface area contributed by atoms with Gasteiger partial charge in [0.05, 0.1) is 26.5 Å². The molecule has 0 saturated carbocycles. The van der Waals surface area contributed by atoms with Gasteiger partial charge in [-0.05, 0) is 25.8 Å². The van der Waals surface area contributed by atoms with Crippen LogP contribution in [0.3, 0.4) is 0 Å². The number of ether oxygens (including phenoxy) is 3. The van der Waals surface area contributed by atoms with Gasteiger partial charge in [-0.25, -0.2) is 0 Å². The van der Waals surface area contributed by atoms with E-state index in [2.05, 4.69) is 23.0 Å². The minimum Gasteiger partial charge on any atom is -0.497 e. The number of hydrogen-bond acceptors (Lipinski definition) is 5. The zero-order chi connectivity index (χ0) is 18.5. The first-order valence-corrected chi connectivity index (χ1v) is 9.13. The molecule has 3 rings (SSSR count). The van der Waals surface area contributed by atoms with E-state index in [1.54, 1.807) is 14.2 Å². The molecule has 1 aromatic carbocycles. The van der Waals surface area contributed by atoms with Crippen molar-refractivity contribution in [3.8, 4) is 11.5 Å². The zero-order valence-corrected chi connectivity index (χ0v) is 16.2. The third-order valence-corrected chi connectivity index (χ3v) is 5.10. The molecule has 1 aliphatic heterocycles. The van der Waals surface area contributed by atoms with E-state index in [4.69, 9.17) is 14.2 Å². The van der Waals surface area contributed by atoms with Crippen LogP contribution in [-0.2, 0) is 24.9 Å². The number of aromatic nitrogens is 2. The van der Waals surface area contributed by atoms with Crippen molar-refractivity contribution in [1.29, 1.82) is 0 Å². The van der Waals surface area contributed by atoms with Crippen LogP contribution in [-0.4, -0.2) is 48.2 Å². The Balaban J connectivity index is 1.79. The Hall–Kier alpha value is -2.05. The van der Waals surface area contributed by atoms with Crippen molar-refractivity contribution >= 4 is 0 Å². The molecule has 1 saturated heterocycles. The summed E-state index contributed by atoms with van der Waals surface area (Å²) in [6.07, 6.45) is 4.54. The largest absolute Gasteiger partial charge is 0.497 e. The van der Waals surface area contributed by atoms with Crippen molar-refractivity contribution in [2.75, 3.05) is 27.4 Å². The van der Waals surface area contributed by atoms with Crippen LogP contribution in [0.1, 0.15) is 29.7 Å². The molecule has 1 fully saturated rings. The Labute approximate surface area is 155 Å². The Kier molecular flexibility index (Phi) is 6.16. The van der Waals surface area contributed by atoms with Crippen LogP contribution < -0.4 is 9.47 Å². The van der Waals surface area contributed by atoms with Gasteiger partial charge >= 0.3 is 0 Å². The molecule has 2 aromatic rings. The molecule has 1 atom stereocenters. The lowest BCUT2D eigenvalue weighted by molar-refractivity contribution is 0.0675. The van der Waals surface area contributed by atoms with Crippen LogP contribution in [0, 0.1) is 6.92 Å². The van der Waals surface area contributed by atoms with E-state index in [1.165, 1.54) is 11.3 Å². The van der Waals surface area contributed by atoms with E-state index < -0.39 is 0 Å².